The fourth-order valence-electron chi connectivity index (χ4n) is 2.03. The van der Waals surface area contributed by atoms with Gasteiger partial charge in [0.1, 0.15) is 0 Å². The molecular formula is C14H17N2O5PS2. The number of hydrogen-bond donors (Lipinski definition) is 0. The zero-order valence-electron chi connectivity index (χ0n) is 13.3. The minimum Gasteiger partial charge on any atom is -0.454 e. The maximum Gasteiger partial charge on any atom is 0.247 e. The summed E-state index contributed by atoms with van der Waals surface area (Å²) in [5, 5.41) is 4.01. The van der Waals surface area contributed by atoms with E-state index in [0.717, 1.165) is 5.56 Å². The van der Waals surface area contributed by atoms with Crippen LogP contribution in [0.5, 0.6) is 11.5 Å². The highest BCUT2D eigenvalue weighted by atomic mass is 32.9. The minimum absolute atomic E-state index is 0.229. The van der Waals surface area contributed by atoms with Crippen LogP contribution in [-0.2, 0) is 26.6 Å². The van der Waals surface area contributed by atoms with Crippen molar-refractivity contribution in [3.63, 3.8) is 0 Å². The molecule has 1 aliphatic rings. The van der Waals surface area contributed by atoms with E-state index in [1.165, 1.54) is 11.4 Å². The first-order valence-corrected chi connectivity index (χ1v) is 11.6. The number of rotatable bonds is 8. The molecule has 0 fully saturated rings. The molecule has 0 saturated heterocycles. The van der Waals surface area contributed by atoms with E-state index in [9.17, 15) is 0 Å². The van der Waals surface area contributed by atoms with Crippen LogP contribution in [0.3, 0.4) is 0 Å². The number of benzene rings is 1. The summed E-state index contributed by atoms with van der Waals surface area (Å²) in [6, 6.07) is 5.52. The number of fused-ring (bicyclic) bond motifs is 1. The first kappa shape index (κ1) is 17.7. The van der Waals surface area contributed by atoms with Gasteiger partial charge in [0.2, 0.25) is 24.2 Å². The molecule has 0 aliphatic carbocycles. The smallest absolute Gasteiger partial charge is 0.247 e. The van der Waals surface area contributed by atoms with E-state index >= 15 is 0 Å². The van der Waals surface area contributed by atoms with Crippen molar-refractivity contribution in [2.45, 2.75) is 19.6 Å². The molecule has 0 bridgehead atoms. The van der Waals surface area contributed by atoms with Gasteiger partial charge in [0.05, 0.1) is 19.0 Å². The molecule has 0 radical (unpaired) electrons. The Labute approximate surface area is 148 Å². The predicted octanol–water partition coefficient (Wildman–Crippen LogP) is 4.00. The topological polar surface area (TPSA) is 75.8 Å². The van der Waals surface area contributed by atoms with Crippen molar-refractivity contribution < 1.29 is 23.0 Å². The average Bonchev–Trinajstić information content (AvgIpc) is 3.22. The van der Waals surface area contributed by atoms with Gasteiger partial charge in [-0.1, -0.05) is 16.5 Å². The first-order valence-electron chi connectivity index (χ1n) is 7.40. The van der Waals surface area contributed by atoms with Crippen molar-refractivity contribution in [2.75, 3.05) is 20.0 Å². The molecular weight excluding hydrogens is 371 g/mol. The van der Waals surface area contributed by atoms with Gasteiger partial charge < -0.3 is 23.0 Å². The Balaban J connectivity index is 1.68. The normalized spacial score (nSPS) is 13.4. The molecule has 3 rings (SSSR count). The molecule has 0 atom stereocenters. The zero-order chi connectivity index (χ0) is 17.0. The van der Waals surface area contributed by atoms with Crippen LogP contribution in [0.2, 0.25) is 0 Å². The summed E-state index contributed by atoms with van der Waals surface area (Å²) < 4.78 is 27.1. The van der Waals surface area contributed by atoms with E-state index in [4.69, 9.17) is 34.9 Å². The molecule has 1 aromatic heterocycles. The first-order chi connectivity index (χ1) is 11.6. The maximum absolute atomic E-state index is 5.58. The molecule has 10 heteroatoms. The predicted molar refractivity (Wildman–Crippen MR) is 94.7 cm³/mol. The molecule has 0 amide bonds. The van der Waals surface area contributed by atoms with Crippen molar-refractivity contribution >= 4 is 28.9 Å². The molecule has 0 N–H and O–H groups in total. The molecule has 0 saturated carbocycles. The van der Waals surface area contributed by atoms with Crippen LogP contribution in [0, 0.1) is 0 Å². The molecule has 2 heterocycles. The Morgan fingerprint density at radius 3 is 2.71 bits per heavy atom. The van der Waals surface area contributed by atoms with E-state index in [1.807, 2.05) is 32.0 Å². The molecule has 130 valence electrons. The zero-order valence-corrected chi connectivity index (χ0v) is 15.8. The highest BCUT2D eigenvalue weighted by Crippen LogP contribution is 2.61. The largest absolute Gasteiger partial charge is 0.454 e. The Morgan fingerprint density at radius 2 is 1.96 bits per heavy atom. The Bertz CT molecular complexity index is 745. The summed E-state index contributed by atoms with van der Waals surface area (Å²) in [7, 11) is 0. The van der Waals surface area contributed by atoms with E-state index in [0.29, 0.717) is 42.2 Å². The van der Waals surface area contributed by atoms with Gasteiger partial charge in [-0.2, -0.15) is 4.98 Å². The Kier molecular flexibility index (Phi) is 5.78. The lowest BCUT2D eigenvalue weighted by atomic mass is 10.2. The summed E-state index contributed by atoms with van der Waals surface area (Å²) in [5.74, 6) is 2.80. The molecule has 1 aromatic carbocycles. The highest BCUT2D eigenvalue weighted by Gasteiger charge is 2.21. The van der Waals surface area contributed by atoms with Crippen molar-refractivity contribution in [1.29, 1.82) is 0 Å². The Morgan fingerprint density at radius 1 is 1.21 bits per heavy atom. The molecule has 7 nitrogen and oxygen atoms in total. The molecule has 0 spiro atoms. The van der Waals surface area contributed by atoms with Crippen LogP contribution < -0.4 is 9.47 Å². The number of nitrogens with zero attached hydrogens (tertiary/aromatic N) is 2. The van der Waals surface area contributed by atoms with Gasteiger partial charge in [0.25, 0.3) is 0 Å². The molecule has 2 aromatic rings. The van der Waals surface area contributed by atoms with E-state index in [1.54, 1.807) is 0 Å². The second-order valence-electron chi connectivity index (χ2n) is 4.64. The van der Waals surface area contributed by atoms with E-state index in [2.05, 4.69) is 10.1 Å². The van der Waals surface area contributed by atoms with Gasteiger partial charge in [-0.15, -0.1) is 0 Å². The SMILES string of the molecule is CCOP(=S)(OCC)SCc1nc(-c2ccc3c(c2)OCO3)no1. The maximum atomic E-state index is 5.58. The van der Waals surface area contributed by atoms with Gasteiger partial charge >= 0.3 is 0 Å². The monoisotopic (exact) mass is 388 g/mol. The van der Waals surface area contributed by atoms with Crippen molar-refractivity contribution in [1.82, 2.24) is 10.1 Å². The summed E-state index contributed by atoms with van der Waals surface area (Å²) in [4.78, 5) is 4.39. The van der Waals surface area contributed by atoms with E-state index < -0.39 is 5.69 Å². The summed E-state index contributed by atoms with van der Waals surface area (Å²) >= 11 is 6.86. The van der Waals surface area contributed by atoms with Gasteiger partial charge in [-0.25, -0.2) is 0 Å². The quantitative estimate of drug-likeness (QED) is 0.624. The van der Waals surface area contributed by atoms with Crippen molar-refractivity contribution in [3.8, 4) is 22.9 Å². The third-order valence-corrected chi connectivity index (χ3v) is 8.41. The lowest BCUT2D eigenvalue weighted by Crippen LogP contribution is -1.93. The summed E-state index contributed by atoms with van der Waals surface area (Å²) in [5.41, 5.74) is -1.57. The second kappa shape index (κ2) is 7.84. The number of hydrogen-bond acceptors (Lipinski definition) is 9. The summed E-state index contributed by atoms with van der Waals surface area (Å²) in [6.07, 6.45) is 0. The fraction of sp³-hybridized carbons (Fsp3) is 0.429. The highest BCUT2D eigenvalue weighted by molar-refractivity contribution is 8.67. The average molecular weight is 388 g/mol. The number of aromatic nitrogens is 2. The molecule has 0 unspecified atom stereocenters. The van der Waals surface area contributed by atoms with Gasteiger partial charge in [-0.05, 0) is 43.9 Å². The lowest BCUT2D eigenvalue weighted by Gasteiger charge is -2.18. The summed E-state index contributed by atoms with van der Waals surface area (Å²) in [6.45, 7) is 5.04. The van der Waals surface area contributed by atoms with Crippen LogP contribution >= 0.6 is 17.1 Å². The fourth-order valence-corrected chi connectivity index (χ4v) is 6.26. The third-order valence-electron chi connectivity index (χ3n) is 3.02. The van der Waals surface area contributed by atoms with Gasteiger partial charge in [-0.3, -0.25) is 0 Å². The van der Waals surface area contributed by atoms with Gasteiger partial charge in [0.15, 0.2) is 11.5 Å². The van der Waals surface area contributed by atoms with E-state index in [-0.39, 0.29) is 6.79 Å². The third kappa shape index (κ3) is 4.10. The van der Waals surface area contributed by atoms with Crippen LogP contribution in [0.4, 0.5) is 0 Å². The lowest BCUT2D eigenvalue weighted by molar-refractivity contribution is 0.174. The van der Waals surface area contributed by atoms with Crippen LogP contribution in [0.15, 0.2) is 22.7 Å². The standard InChI is InChI=1S/C14H17N2O5PS2/c1-3-19-22(23,20-4-2)24-8-13-15-14(16-21-13)10-5-6-11-12(7-10)18-9-17-11/h5-7H,3-4,8-9H2,1-2H3. The van der Waals surface area contributed by atoms with Gasteiger partial charge in [0, 0.05) is 5.56 Å². The van der Waals surface area contributed by atoms with Crippen LogP contribution in [-0.4, -0.2) is 30.1 Å². The van der Waals surface area contributed by atoms with Crippen molar-refractivity contribution in [3.05, 3.63) is 24.1 Å². The van der Waals surface area contributed by atoms with Crippen molar-refractivity contribution in [2.24, 2.45) is 0 Å². The van der Waals surface area contributed by atoms with Crippen LogP contribution in [0.25, 0.3) is 11.4 Å². The molecule has 1 aliphatic heterocycles. The minimum atomic E-state index is -2.37. The number of ether oxygens (including phenoxy) is 2. The Hall–Kier alpha value is -1.12. The second-order valence-corrected chi connectivity index (χ2v) is 10.9. The van der Waals surface area contributed by atoms with Crippen LogP contribution in [0.1, 0.15) is 19.7 Å². The molecule has 24 heavy (non-hydrogen) atoms.